The van der Waals surface area contributed by atoms with Gasteiger partial charge < -0.3 is 9.47 Å². The smallest absolute Gasteiger partial charge is 0.343 e. The second kappa shape index (κ2) is 10.9. The van der Waals surface area contributed by atoms with Gasteiger partial charge in [-0.1, -0.05) is 42.5 Å². The van der Waals surface area contributed by atoms with Crippen molar-refractivity contribution in [2.24, 2.45) is 5.10 Å². The number of hydrazone groups is 1. The fourth-order valence-corrected chi connectivity index (χ4v) is 3.48. The molecule has 0 aliphatic rings. The van der Waals surface area contributed by atoms with Crippen LogP contribution in [0, 0.1) is 0 Å². The molecule has 1 N–H and O–H groups in total. The van der Waals surface area contributed by atoms with Crippen LogP contribution in [0.3, 0.4) is 0 Å². The van der Waals surface area contributed by atoms with E-state index in [0.717, 1.165) is 21.9 Å². The molecular weight excluding hydrogens is 428 g/mol. The number of nitrogens with one attached hydrogen (secondary N) is 1. The van der Waals surface area contributed by atoms with Crippen molar-refractivity contribution in [3.05, 3.63) is 108 Å². The zero-order chi connectivity index (χ0) is 23.8. The van der Waals surface area contributed by atoms with Gasteiger partial charge in [-0.05, 0) is 77.4 Å². The number of hydrogen-bond donors (Lipinski definition) is 1. The minimum Gasteiger partial charge on any atom is -0.494 e. The Morgan fingerprint density at radius 2 is 1.56 bits per heavy atom. The summed E-state index contributed by atoms with van der Waals surface area (Å²) in [6.07, 6.45) is 1.78. The molecule has 4 aromatic rings. The number of amides is 1. The topological polar surface area (TPSA) is 77.0 Å². The summed E-state index contributed by atoms with van der Waals surface area (Å²) in [5.41, 5.74) is 4.70. The van der Waals surface area contributed by atoms with Crippen molar-refractivity contribution in [3.63, 3.8) is 0 Å². The van der Waals surface area contributed by atoms with Crippen LogP contribution >= 0.6 is 0 Å². The Morgan fingerprint density at radius 1 is 0.853 bits per heavy atom. The van der Waals surface area contributed by atoms with Crippen LogP contribution in [0.4, 0.5) is 0 Å². The van der Waals surface area contributed by atoms with E-state index >= 15 is 0 Å². The minimum atomic E-state index is -0.454. The van der Waals surface area contributed by atoms with Gasteiger partial charge >= 0.3 is 5.97 Å². The number of carbonyl (C=O) groups excluding carboxylic acids is 2. The van der Waals surface area contributed by atoms with Gasteiger partial charge in [0.1, 0.15) is 11.5 Å². The first kappa shape index (κ1) is 22.7. The summed E-state index contributed by atoms with van der Waals surface area (Å²) in [4.78, 5) is 24.6. The molecule has 6 heteroatoms. The van der Waals surface area contributed by atoms with Gasteiger partial charge in [-0.2, -0.15) is 5.10 Å². The lowest BCUT2D eigenvalue weighted by Crippen LogP contribution is -2.19. The predicted octanol–water partition coefficient (Wildman–Crippen LogP) is 5.15. The van der Waals surface area contributed by atoms with Crippen molar-refractivity contribution in [1.29, 1.82) is 0 Å². The predicted molar refractivity (Wildman–Crippen MR) is 132 cm³/mol. The molecule has 0 bridgehead atoms. The zero-order valence-electron chi connectivity index (χ0n) is 18.7. The van der Waals surface area contributed by atoms with Crippen LogP contribution in [-0.4, -0.2) is 24.7 Å². The number of hydrogen-bond acceptors (Lipinski definition) is 5. The third-order valence-corrected chi connectivity index (χ3v) is 5.13. The van der Waals surface area contributed by atoms with Crippen LogP contribution < -0.4 is 14.9 Å². The number of ether oxygens (including phenoxy) is 2. The van der Waals surface area contributed by atoms with Gasteiger partial charge in [0.15, 0.2) is 0 Å². The van der Waals surface area contributed by atoms with Gasteiger partial charge in [-0.3, -0.25) is 4.79 Å². The van der Waals surface area contributed by atoms with E-state index in [4.69, 9.17) is 9.47 Å². The third kappa shape index (κ3) is 5.86. The average molecular weight is 453 g/mol. The van der Waals surface area contributed by atoms with Gasteiger partial charge in [0, 0.05) is 0 Å². The fourth-order valence-electron chi connectivity index (χ4n) is 3.48. The van der Waals surface area contributed by atoms with E-state index < -0.39 is 5.97 Å². The monoisotopic (exact) mass is 452 g/mol. The molecule has 170 valence electrons. The van der Waals surface area contributed by atoms with Crippen molar-refractivity contribution in [2.45, 2.75) is 13.3 Å². The summed E-state index contributed by atoms with van der Waals surface area (Å²) < 4.78 is 10.8. The van der Waals surface area contributed by atoms with Crippen LogP contribution in [0.5, 0.6) is 11.5 Å². The lowest BCUT2D eigenvalue weighted by Gasteiger charge is -2.06. The van der Waals surface area contributed by atoms with E-state index in [1.165, 1.54) is 0 Å². The van der Waals surface area contributed by atoms with Crippen LogP contribution in [-0.2, 0) is 11.2 Å². The Morgan fingerprint density at radius 3 is 2.32 bits per heavy atom. The van der Waals surface area contributed by atoms with Crippen molar-refractivity contribution >= 4 is 28.9 Å². The molecule has 0 aliphatic heterocycles. The second-order valence-corrected chi connectivity index (χ2v) is 7.52. The minimum absolute atomic E-state index is 0.200. The summed E-state index contributed by atoms with van der Waals surface area (Å²) in [6.45, 7) is 2.46. The highest BCUT2D eigenvalue weighted by Crippen LogP contribution is 2.19. The molecule has 0 saturated heterocycles. The fraction of sp³-hybridized carbons (Fsp3) is 0.107. The van der Waals surface area contributed by atoms with E-state index in [-0.39, 0.29) is 12.3 Å². The Hall–Kier alpha value is -4.45. The first-order chi connectivity index (χ1) is 16.6. The SMILES string of the molecule is CCOc1ccc(C(=O)Oc2ccc(C=NNC(=O)Cc3cccc4ccccc34)cc2)cc1. The van der Waals surface area contributed by atoms with Crippen LogP contribution in [0.25, 0.3) is 10.8 Å². The number of fused-ring (bicyclic) bond motifs is 1. The van der Waals surface area contributed by atoms with Crippen molar-refractivity contribution in [3.8, 4) is 11.5 Å². The molecule has 0 saturated carbocycles. The maximum absolute atomic E-state index is 12.3. The average Bonchev–Trinajstić information content (AvgIpc) is 2.86. The standard InChI is InChI=1S/C28H24N2O4/c1-2-33-24-16-12-22(13-17-24)28(32)34-25-14-10-20(11-15-25)19-29-30-27(31)18-23-8-5-7-21-6-3-4-9-26(21)23/h3-17,19H,2,18H2,1H3,(H,30,31). The molecule has 0 aliphatic carbocycles. The van der Waals surface area contributed by atoms with Crippen LogP contribution in [0.2, 0.25) is 0 Å². The first-order valence-electron chi connectivity index (χ1n) is 11.0. The van der Waals surface area contributed by atoms with Gasteiger partial charge in [0.2, 0.25) is 5.91 Å². The summed E-state index contributed by atoms with van der Waals surface area (Å²) in [7, 11) is 0. The summed E-state index contributed by atoms with van der Waals surface area (Å²) in [5.74, 6) is 0.460. The van der Waals surface area contributed by atoms with E-state index in [1.807, 2.05) is 49.4 Å². The Kier molecular flexibility index (Phi) is 7.30. The normalized spacial score (nSPS) is 10.9. The summed E-state index contributed by atoms with van der Waals surface area (Å²) in [5, 5.41) is 6.19. The zero-order valence-corrected chi connectivity index (χ0v) is 18.7. The lowest BCUT2D eigenvalue weighted by molar-refractivity contribution is -0.120. The second-order valence-electron chi connectivity index (χ2n) is 7.52. The Bertz CT molecular complexity index is 1310. The molecule has 0 spiro atoms. The maximum Gasteiger partial charge on any atom is 0.343 e. The van der Waals surface area contributed by atoms with Gasteiger partial charge in [-0.15, -0.1) is 0 Å². The molecule has 0 atom stereocenters. The van der Waals surface area contributed by atoms with Crippen LogP contribution in [0.1, 0.15) is 28.4 Å². The molecule has 4 aromatic carbocycles. The van der Waals surface area contributed by atoms with Crippen molar-refractivity contribution < 1.29 is 19.1 Å². The van der Waals surface area contributed by atoms with E-state index in [2.05, 4.69) is 10.5 Å². The number of nitrogens with zero attached hydrogens (tertiary/aromatic N) is 1. The van der Waals surface area contributed by atoms with Gasteiger partial charge in [0.25, 0.3) is 0 Å². The highest BCUT2D eigenvalue weighted by Gasteiger charge is 2.09. The maximum atomic E-state index is 12.3. The number of rotatable bonds is 8. The van der Waals surface area contributed by atoms with Gasteiger partial charge in [0.05, 0.1) is 24.8 Å². The third-order valence-electron chi connectivity index (χ3n) is 5.13. The lowest BCUT2D eigenvalue weighted by atomic mass is 10.0. The largest absolute Gasteiger partial charge is 0.494 e. The molecule has 1 amide bonds. The van der Waals surface area contributed by atoms with E-state index in [9.17, 15) is 9.59 Å². The Labute approximate surface area is 197 Å². The quantitative estimate of drug-likeness (QED) is 0.174. The van der Waals surface area contributed by atoms with Crippen molar-refractivity contribution in [2.75, 3.05) is 6.61 Å². The molecule has 4 rings (SSSR count). The Balaban J connectivity index is 1.30. The molecule has 0 fully saturated rings. The molecular formula is C28H24N2O4. The molecule has 0 aromatic heterocycles. The number of esters is 1. The van der Waals surface area contributed by atoms with Gasteiger partial charge in [-0.25, -0.2) is 10.2 Å². The number of benzene rings is 4. The van der Waals surface area contributed by atoms with E-state index in [1.54, 1.807) is 54.7 Å². The summed E-state index contributed by atoms with van der Waals surface area (Å²) in [6, 6.07) is 27.5. The molecule has 6 nitrogen and oxygen atoms in total. The van der Waals surface area contributed by atoms with Crippen molar-refractivity contribution in [1.82, 2.24) is 5.43 Å². The highest BCUT2D eigenvalue weighted by atomic mass is 16.5. The first-order valence-corrected chi connectivity index (χ1v) is 11.0. The molecule has 34 heavy (non-hydrogen) atoms. The van der Waals surface area contributed by atoms with E-state index in [0.29, 0.717) is 23.7 Å². The van der Waals surface area contributed by atoms with Crippen LogP contribution in [0.15, 0.2) is 96.1 Å². The molecule has 0 heterocycles. The molecule has 0 radical (unpaired) electrons. The summed E-state index contributed by atoms with van der Waals surface area (Å²) >= 11 is 0. The number of carbonyl (C=O) groups is 2. The molecule has 0 unspecified atom stereocenters. The highest BCUT2D eigenvalue weighted by molar-refractivity contribution is 5.92.